The lowest BCUT2D eigenvalue weighted by molar-refractivity contribution is -0.122. The smallest absolute Gasteiger partial charge is 0.246 e. The number of hydrogen-bond acceptors (Lipinski definition) is 3. The van der Waals surface area contributed by atoms with E-state index >= 15 is 0 Å². The van der Waals surface area contributed by atoms with Gasteiger partial charge in [-0.15, -0.1) is 0 Å². The summed E-state index contributed by atoms with van der Waals surface area (Å²) in [6.07, 6.45) is 0.904. The second kappa shape index (κ2) is 4.22. The maximum atomic E-state index is 11.7. The molecule has 1 saturated heterocycles. The highest BCUT2D eigenvalue weighted by atomic mass is 16.3. The fraction of sp³-hybridized carbons (Fsp3) is 0.273. The third kappa shape index (κ3) is 2.31. The van der Waals surface area contributed by atoms with E-state index in [1.807, 2.05) is 0 Å². The number of rotatable bonds is 2. The number of phenolic OH excluding ortho intramolecular Hbond substituents is 1. The van der Waals surface area contributed by atoms with Gasteiger partial charge in [-0.25, -0.2) is 0 Å². The van der Waals surface area contributed by atoms with Gasteiger partial charge < -0.3 is 15.7 Å². The Balaban J connectivity index is 1.99. The van der Waals surface area contributed by atoms with Crippen LogP contribution < -0.4 is 10.6 Å². The van der Waals surface area contributed by atoms with Crippen LogP contribution in [0.2, 0.25) is 0 Å². The summed E-state index contributed by atoms with van der Waals surface area (Å²) in [6.45, 7) is 0. The number of anilines is 1. The molecule has 1 heterocycles. The topological polar surface area (TPSA) is 78.4 Å². The van der Waals surface area contributed by atoms with Crippen molar-refractivity contribution in [3.05, 3.63) is 24.3 Å². The molecule has 3 N–H and O–H groups in total. The average molecular weight is 220 g/mol. The monoisotopic (exact) mass is 220 g/mol. The number of aromatic hydroxyl groups is 1. The summed E-state index contributed by atoms with van der Waals surface area (Å²) >= 11 is 0. The maximum Gasteiger partial charge on any atom is 0.246 e. The summed E-state index contributed by atoms with van der Waals surface area (Å²) in [7, 11) is 0. The molecule has 0 saturated carbocycles. The van der Waals surface area contributed by atoms with Crippen molar-refractivity contribution in [2.24, 2.45) is 0 Å². The van der Waals surface area contributed by atoms with Crippen LogP contribution in [0.1, 0.15) is 12.8 Å². The molecule has 1 atom stereocenters. The first kappa shape index (κ1) is 10.5. The highest BCUT2D eigenvalue weighted by Crippen LogP contribution is 2.16. The van der Waals surface area contributed by atoms with Gasteiger partial charge in [0.1, 0.15) is 11.8 Å². The van der Waals surface area contributed by atoms with Crippen molar-refractivity contribution in [2.75, 3.05) is 5.32 Å². The van der Waals surface area contributed by atoms with Crippen molar-refractivity contribution < 1.29 is 14.7 Å². The number of nitrogens with one attached hydrogen (secondary N) is 2. The average Bonchev–Trinajstić information content (AvgIpc) is 2.65. The SMILES string of the molecule is O=C1CC[C@@H](C(=O)Nc2cccc(O)c2)N1. The lowest BCUT2D eigenvalue weighted by Crippen LogP contribution is -2.37. The van der Waals surface area contributed by atoms with Crippen molar-refractivity contribution in [2.45, 2.75) is 18.9 Å². The van der Waals surface area contributed by atoms with E-state index in [-0.39, 0.29) is 17.6 Å². The Bertz CT molecular complexity index is 431. The minimum absolute atomic E-state index is 0.0910. The predicted molar refractivity (Wildman–Crippen MR) is 57.9 cm³/mol. The van der Waals surface area contributed by atoms with Gasteiger partial charge in [0, 0.05) is 18.2 Å². The van der Waals surface area contributed by atoms with Crippen LogP contribution in [0.15, 0.2) is 24.3 Å². The molecule has 1 fully saturated rings. The van der Waals surface area contributed by atoms with Crippen molar-refractivity contribution in [3.8, 4) is 5.75 Å². The molecule has 0 aromatic heterocycles. The van der Waals surface area contributed by atoms with E-state index in [0.717, 1.165) is 0 Å². The quantitative estimate of drug-likeness (QED) is 0.683. The van der Waals surface area contributed by atoms with Gasteiger partial charge in [0.2, 0.25) is 11.8 Å². The number of amides is 2. The van der Waals surface area contributed by atoms with E-state index in [1.165, 1.54) is 12.1 Å². The number of benzene rings is 1. The summed E-state index contributed by atoms with van der Waals surface area (Å²) in [5.41, 5.74) is 0.520. The third-order valence-corrected chi connectivity index (χ3v) is 2.43. The summed E-state index contributed by atoms with van der Waals surface area (Å²) in [4.78, 5) is 22.6. The van der Waals surface area contributed by atoms with E-state index in [2.05, 4.69) is 10.6 Å². The number of hydrogen-bond donors (Lipinski definition) is 3. The Morgan fingerprint density at radius 3 is 2.94 bits per heavy atom. The highest BCUT2D eigenvalue weighted by Gasteiger charge is 2.26. The molecule has 0 aliphatic carbocycles. The van der Waals surface area contributed by atoms with Gasteiger partial charge in [-0.3, -0.25) is 9.59 Å². The van der Waals surface area contributed by atoms with Crippen LogP contribution in [0.25, 0.3) is 0 Å². The second-order valence-corrected chi connectivity index (χ2v) is 3.70. The summed E-state index contributed by atoms with van der Waals surface area (Å²) in [6, 6.07) is 5.82. The van der Waals surface area contributed by atoms with Crippen LogP contribution in [0.5, 0.6) is 5.75 Å². The molecule has 0 spiro atoms. The second-order valence-electron chi connectivity index (χ2n) is 3.70. The van der Waals surface area contributed by atoms with Crippen molar-refractivity contribution in [1.29, 1.82) is 0 Å². The third-order valence-electron chi connectivity index (χ3n) is 2.43. The molecule has 84 valence electrons. The molecule has 2 rings (SSSR count). The number of carbonyl (C=O) groups is 2. The van der Waals surface area contributed by atoms with Crippen LogP contribution in [-0.2, 0) is 9.59 Å². The van der Waals surface area contributed by atoms with Gasteiger partial charge in [-0.1, -0.05) is 6.07 Å². The van der Waals surface area contributed by atoms with Crippen LogP contribution in [0.3, 0.4) is 0 Å². The summed E-state index contributed by atoms with van der Waals surface area (Å²) in [5.74, 6) is -0.263. The van der Waals surface area contributed by atoms with Gasteiger partial charge >= 0.3 is 0 Å². The Morgan fingerprint density at radius 1 is 1.50 bits per heavy atom. The Labute approximate surface area is 92.5 Å². The standard InChI is InChI=1S/C11H12N2O3/c14-8-3-1-2-7(6-8)12-11(16)9-4-5-10(15)13-9/h1-3,6,9,14H,4-5H2,(H,12,16)(H,13,15)/t9-/m0/s1. The lowest BCUT2D eigenvalue weighted by Gasteiger charge is -2.10. The first-order valence-corrected chi connectivity index (χ1v) is 5.04. The van der Waals surface area contributed by atoms with E-state index in [4.69, 9.17) is 0 Å². The number of carbonyl (C=O) groups excluding carboxylic acids is 2. The zero-order valence-corrected chi connectivity index (χ0v) is 8.56. The highest BCUT2D eigenvalue weighted by molar-refractivity contribution is 5.99. The van der Waals surface area contributed by atoms with E-state index < -0.39 is 6.04 Å². The van der Waals surface area contributed by atoms with Gasteiger partial charge in [-0.05, 0) is 18.6 Å². The van der Waals surface area contributed by atoms with E-state index in [0.29, 0.717) is 18.5 Å². The molecule has 1 aliphatic rings. The molecule has 5 nitrogen and oxygen atoms in total. The molecule has 16 heavy (non-hydrogen) atoms. The fourth-order valence-electron chi connectivity index (χ4n) is 1.62. The number of phenols is 1. The molecular weight excluding hydrogens is 208 g/mol. The van der Waals surface area contributed by atoms with Crippen LogP contribution in [-0.4, -0.2) is 23.0 Å². The maximum absolute atomic E-state index is 11.7. The Kier molecular flexibility index (Phi) is 2.76. The normalized spacial score (nSPS) is 19.2. The predicted octanol–water partition coefficient (Wildman–Crippen LogP) is 0.609. The molecule has 1 aromatic carbocycles. The zero-order chi connectivity index (χ0) is 11.5. The molecule has 0 bridgehead atoms. The van der Waals surface area contributed by atoms with Gasteiger partial charge in [0.15, 0.2) is 0 Å². The first-order chi connectivity index (χ1) is 7.65. The first-order valence-electron chi connectivity index (χ1n) is 5.04. The van der Waals surface area contributed by atoms with E-state index in [9.17, 15) is 14.7 Å². The molecule has 1 aromatic rings. The summed E-state index contributed by atoms with van der Waals surface area (Å²) < 4.78 is 0. The molecule has 1 aliphatic heterocycles. The minimum atomic E-state index is -0.463. The lowest BCUT2D eigenvalue weighted by atomic mass is 10.2. The molecule has 0 unspecified atom stereocenters. The molecule has 2 amide bonds. The molecule has 5 heteroatoms. The molecule has 0 radical (unpaired) electrons. The van der Waals surface area contributed by atoms with Crippen molar-refractivity contribution >= 4 is 17.5 Å². The molecular formula is C11H12N2O3. The Morgan fingerprint density at radius 2 is 2.31 bits per heavy atom. The Hall–Kier alpha value is -2.04. The summed E-state index contributed by atoms with van der Waals surface area (Å²) in [5, 5.41) is 14.4. The fourth-order valence-corrected chi connectivity index (χ4v) is 1.62. The minimum Gasteiger partial charge on any atom is -0.508 e. The van der Waals surface area contributed by atoms with E-state index in [1.54, 1.807) is 12.1 Å². The zero-order valence-electron chi connectivity index (χ0n) is 8.56. The van der Waals surface area contributed by atoms with Gasteiger partial charge in [0.05, 0.1) is 0 Å². The van der Waals surface area contributed by atoms with Crippen LogP contribution in [0.4, 0.5) is 5.69 Å². The van der Waals surface area contributed by atoms with Gasteiger partial charge in [0.25, 0.3) is 0 Å². The van der Waals surface area contributed by atoms with Crippen molar-refractivity contribution in [3.63, 3.8) is 0 Å². The largest absolute Gasteiger partial charge is 0.508 e. The van der Waals surface area contributed by atoms with Gasteiger partial charge in [-0.2, -0.15) is 0 Å². The van der Waals surface area contributed by atoms with Crippen LogP contribution >= 0.6 is 0 Å². The van der Waals surface area contributed by atoms with Crippen LogP contribution in [0, 0.1) is 0 Å². The van der Waals surface area contributed by atoms with Crippen molar-refractivity contribution in [1.82, 2.24) is 5.32 Å².